The number of thioether (sulfide) groups is 1. The second-order valence-electron chi connectivity index (χ2n) is 5.90. The minimum Gasteiger partial charge on any atom is -0.305 e. The minimum atomic E-state index is -0.199. The molecule has 1 N–H and O–H groups in total. The van der Waals surface area contributed by atoms with Gasteiger partial charge in [-0.25, -0.2) is 5.43 Å². The second-order valence-corrected chi connectivity index (χ2v) is 8.67. The van der Waals surface area contributed by atoms with Gasteiger partial charge in [0.25, 0.3) is 5.91 Å². The van der Waals surface area contributed by atoms with Gasteiger partial charge >= 0.3 is 0 Å². The fourth-order valence-electron chi connectivity index (χ4n) is 2.36. The van der Waals surface area contributed by atoms with Crippen molar-refractivity contribution in [1.82, 2.24) is 20.2 Å². The number of carbonyl (C=O) groups is 1. The van der Waals surface area contributed by atoms with E-state index in [0.29, 0.717) is 5.16 Å². The van der Waals surface area contributed by atoms with Crippen molar-refractivity contribution in [3.8, 4) is 11.4 Å². The number of rotatable bonds is 6. The van der Waals surface area contributed by atoms with Gasteiger partial charge in [-0.1, -0.05) is 67.9 Å². The molecule has 0 saturated carbocycles. The van der Waals surface area contributed by atoms with E-state index in [-0.39, 0.29) is 11.7 Å². The van der Waals surface area contributed by atoms with Crippen molar-refractivity contribution in [3.05, 3.63) is 63.0 Å². The zero-order valence-corrected chi connectivity index (χ0v) is 19.2. The Labute approximate surface area is 184 Å². The average Bonchev–Trinajstić information content (AvgIpc) is 3.06. The minimum absolute atomic E-state index is 0.198. The Morgan fingerprint density at radius 2 is 1.68 bits per heavy atom. The number of hydrogen-bond acceptors (Lipinski definition) is 5. The lowest BCUT2D eigenvalue weighted by molar-refractivity contribution is -0.118. The van der Waals surface area contributed by atoms with Crippen molar-refractivity contribution in [2.24, 2.45) is 12.1 Å². The highest BCUT2D eigenvalue weighted by Crippen LogP contribution is 2.23. The Hall–Kier alpha value is -1.97. The molecule has 144 valence electrons. The van der Waals surface area contributed by atoms with E-state index in [9.17, 15) is 4.79 Å². The molecule has 0 fully saturated rings. The van der Waals surface area contributed by atoms with E-state index in [1.54, 1.807) is 0 Å². The highest BCUT2D eigenvalue weighted by atomic mass is 79.9. The lowest BCUT2D eigenvalue weighted by atomic mass is 10.1. The molecule has 6 nitrogen and oxygen atoms in total. The Bertz CT molecular complexity index is 1000. The summed E-state index contributed by atoms with van der Waals surface area (Å²) in [4.78, 5) is 12.1. The van der Waals surface area contributed by atoms with Gasteiger partial charge in [0.15, 0.2) is 11.0 Å². The second kappa shape index (κ2) is 9.49. The number of aromatic nitrogens is 3. The summed E-state index contributed by atoms with van der Waals surface area (Å²) in [7, 11) is 1.88. The number of benzene rings is 2. The maximum Gasteiger partial charge on any atom is 0.250 e. The van der Waals surface area contributed by atoms with E-state index >= 15 is 0 Å². The molecule has 1 amide bonds. The molecule has 0 aliphatic heterocycles. The van der Waals surface area contributed by atoms with Gasteiger partial charge in [0, 0.05) is 21.6 Å². The van der Waals surface area contributed by atoms with Crippen molar-refractivity contribution in [3.63, 3.8) is 0 Å². The number of halogens is 2. The van der Waals surface area contributed by atoms with Crippen LogP contribution in [-0.2, 0) is 11.8 Å². The van der Waals surface area contributed by atoms with Crippen LogP contribution < -0.4 is 5.43 Å². The fourth-order valence-corrected chi connectivity index (χ4v) is 3.59. The quantitative estimate of drug-likeness (QED) is 0.291. The molecule has 3 aromatic rings. The molecule has 9 heteroatoms. The van der Waals surface area contributed by atoms with Crippen molar-refractivity contribution in [2.45, 2.75) is 12.1 Å². The smallest absolute Gasteiger partial charge is 0.250 e. The summed E-state index contributed by atoms with van der Waals surface area (Å²) in [6, 6.07) is 15.6. The third kappa shape index (κ3) is 5.30. The van der Waals surface area contributed by atoms with E-state index in [1.165, 1.54) is 11.8 Å². The molecule has 1 aromatic heterocycles. The summed E-state index contributed by atoms with van der Waals surface area (Å²) in [6.07, 6.45) is 0. The molecule has 0 unspecified atom stereocenters. The third-order valence-electron chi connectivity index (χ3n) is 3.88. The summed E-state index contributed by atoms with van der Waals surface area (Å²) in [5.74, 6) is 0.748. The van der Waals surface area contributed by atoms with Gasteiger partial charge in [0.1, 0.15) is 0 Å². The van der Waals surface area contributed by atoms with Crippen LogP contribution in [0.25, 0.3) is 11.4 Å². The summed E-state index contributed by atoms with van der Waals surface area (Å²) < 4.78 is 3.87. The van der Waals surface area contributed by atoms with Crippen LogP contribution in [-0.4, -0.2) is 32.1 Å². The zero-order chi connectivity index (χ0) is 20.1. The van der Waals surface area contributed by atoms with Crippen LogP contribution in [0.1, 0.15) is 12.5 Å². The van der Waals surface area contributed by atoms with Crippen LogP contribution in [0.5, 0.6) is 0 Å². The summed E-state index contributed by atoms with van der Waals surface area (Å²) >= 11 is 8.13. The number of nitrogens with zero attached hydrogens (tertiary/aromatic N) is 4. The third-order valence-corrected chi connectivity index (χ3v) is 5.96. The van der Waals surface area contributed by atoms with Crippen molar-refractivity contribution in [1.29, 1.82) is 0 Å². The first kappa shape index (κ1) is 20.8. The lowest BCUT2D eigenvalue weighted by Gasteiger charge is -2.05. The van der Waals surface area contributed by atoms with E-state index in [1.807, 2.05) is 67.1 Å². The maximum absolute atomic E-state index is 12.1. The molecule has 1 heterocycles. The number of hydrazone groups is 1. The van der Waals surface area contributed by atoms with Gasteiger partial charge < -0.3 is 4.57 Å². The fraction of sp³-hybridized carbons (Fsp3) is 0.158. The molecule has 2 aromatic carbocycles. The van der Waals surface area contributed by atoms with E-state index in [0.717, 1.165) is 31.6 Å². The Balaban J connectivity index is 1.58. The Morgan fingerprint density at radius 3 is 2.32 bits per heavy atom. The highest BCUT2D eigenvalue weighted by Gasteiger charge is 2.13. The molecular formula is C19H17Br2N5OS. The predicted molar refractivity (Wildman–Crippen MR) is 119 cm³/mol. The molecule has 0 aliphatic rings. The first-order valence-electron chi connectivity index (χ1n) is 8.31. The number of hydrogen-bond donors (Lipinski definition) is 1. The molecule has 0 spiro atoms. The maximum atomic E-state index is 12.1. The number of amides is 1. The zero-order valence-electron chi connectivity index (χ0n) is 15.2. The van der Waals surface area contributed by atoms with Gasteiger partial charge in [-0.3, -0.25) is 4.79 Å². The van der Waals surface area contributed by atoms with E-state index in [4.69, 9.17) is 0 Å². The van der Waals surface area contributed by atoms with Crippen molar-refractivity contribution in [2.75, 3.05) is 5.75 Å². The molecule has 0 bridgehead atoms. The SMILES string of the molecule is C/C(=N/NC(=O)CSc1nnc(-c2ccc(Br)cc2)n1C)c1ccc(Br)cc1. The summed E-state index contributed by atoms with van der Waals surface area (Å²) in [6.45, 7) is 1.85. The molecule has 0 atom stereocenters. The molecule has 0 saturated heterocycles. The van der Waals surface area contributed by atoms with Gasteiger partial charge in [0.05, 0.1) is 11.5 Å². The monoisotopic (exact) mass is 521 g/mol. The number of nitrogens with one attached hydrogen (secondary N) is 1. The van der Waals surface area contributed by atoms with Gasteiger partial charge in [-0.2, -0.15) is 5.10 Å². The first-order valence-corrected chi connectivity index (χ1v) is 10.9. The molecular weight excluding hydrogens is 506 g/mol. The lowest BCUT2D eigenvalue weighted by Crippen LogP contribution is -2.21. The van der Waals surface area contributed by atoms with E-state index in [2.05, 4.69) is 52.6 Å². The average molecular weight is 523 g/mol. The molecule has 28 heavy (non-hydrogen) atoms. The van der Waals surface area contributed by atoms with Gasteiger partial charge in [0.2, 0.25) is 0 Å². The summed E-state index contributed by atoms with van der Waals surface area (Å²) in [5, 5.41) is 13.2. The van der Waals surface area contributed by atoms with Crippen LogP contribution in [0.2, 0.25) is 0 Å². The van der Waals surface area contributed by atoms with Gasteiger partial charge in [-0.05, 0) is 36.8 Å². The first-order chi connectivity index (χ1) is 13.4. The molecule has 0 aliphatic carbocycles. The largest absolute Gasteiger partial charge is 0.305 e. The van der Waals surface area contributed by atoms with Crippen molar-refractivity contribution < 1.29 is 4.79 Å². The van der Waals surface area contributed by atoms with Crippen molar-refractivity contribution >= 4 is 55.2 Å². The highest BCUT2D eigenvalue weighted by molar-refractivity contribution is 9.10. The van der Waals surface area contributed by atoms with Gasteiger partial charge in [-0.15, -0.1) is 10.2 Å². The topological polar surface area (TPSA) is 72.2 Å². The number of carbonyl (C=O) groups excluding carboxylic acids is 1. The van der Waals surface area contributed by atoms with Crippen LogP contribution in [0, 0.1) is 0 Å². The normalized spacial score (nSPS) is 11.5. The molecule has 0 radical (unpaired) electrons. The van der Waals surface area contributed by atoms with Crippen LogP contribution in [0.3, 0.4) is 0 Å². The predicted octanol–water partition coefficient (Wildman–Crippen LogP) is 4.64. The summed E-state index contributed by atoms with van der Waals surface area (Å²) in [5.41, 5.74) is 5.23. The van der Waals surface area contributed by atoms with Crippen LogP contribution in [0.4, 0.5) is 0 Å². The Morgan fingerprint density at radius 1 is 1.07 bits per heavy atom. The van der Waals surface area contributed by atoms with E-state index < -0.39 is 0 Å². The van der Waals surface area contributed by atoms with Crippen LogP contribution >= 0.6 is 43.6 Å². The molecule has 3 rings (SSSR count). The van der Waals surface area contributed by atoms with Crippen LogP contribution in [0.15, 0.2) is 67.7 Å². The Kier molecular flexibility index (Phi) is 7.03. The standard InChI is InChI=1S/C19H17Br2N5OS/c1-12(13-3-7-15(20)8-4-13)22-23-17(27)11-28-19-25-24-18(26(19)2)14-5-9-16(21)10-6-14/h3-10H,11H2,1-2H3,(H,23,27)/b22-12-.